The lowest BCUT2D eigenvalue weighted by atomic mass is 9.23. The van der Waals surface area contributed by atoms with Gasteiger partial charge in [-0.2, -0.15) is 0 Å². The summed E-state index contributed by atoms with van der Waals surface area (Å²) in [6.45, 7) is 8.59. The normalized spacial score (nSPS) is 36.3. The van der Waals surface area contributed by atoms with Gasteiger partial charge in [0.05, 0.1) is 11.2 Å². The average molecular weight is 313 g/mol. The monoisotopic (exact) mass is 313 g/mol. The van der Waals surface area contributed by atoms with Crippen molar-refractivity contribution >= 4 is 12.8 Å². The molecule has 3 saturated carbocycles. The first-order chi connectivity index (χ1) is 10.6. The molecule has 3 nitrogen and oxygen atoms in total. The number of hydrogen-bond acceptors (Lipinski definition) is 3. The Morgan fingerprint density at radius 3 is 1.78 bits per heavy atom. The summed E-state index contributed by atoms with van der Waals surface area (Å²) in [6.07, 6.45) is 3.62. The molecule has 0 aromatic heterocycles. The lowest BCUT2D eigenvalue weighted by Gasteiger charge is -2.71. The van der Waals surface area contributed by atoms with Gasteiger partial charge in [-0.3, -0.25) is 0 Å². The van der Waals surface area contributed by atoms with E-state index in [2.05, 4.69) is 71.0 Å². The van der Waals surface area contributed by atoms with E-state index in [0.29, 0.717) is 5.41 Å². The van der Waals surface area contributed by atoms with Gasteiger partial charge in [0.2, 0.25) is 0 Å². The third-order valence-corrected chi connectivity index (χ3v) is 6.82. The number of nitrogens with zero attached hydrogens (tertiary/aromatic N) is 1. The Morgan fingerprint density at radius 1 is 0.870 bits per heavy atom. The van der Waals surface area contributed by atoms with Crippen LogP contribution in [0.2, 0.25) is 5.31 Å². The van der Waals surface area contributed by atoms with Crippen molar-refractivity contribution in [3.8, 4) is 0 Å². The van der Waals surface area contributed by atoms with Crippen molar-refractivity contribution in [3.05, 3.63) is 29.8 Å². The Morgan fingerprint density at radius 2 is 1.35 bits per heavy atom. The van der Waals surface area contributed by atoms with Gasteiger partial charge in [-0.05, 0) is 70.1 Å². The highest BCUT2D eigenvalue weighted by atomic mass is 16.7. The van der Waals surface area contributed by atoms with Crippen LogP contribution in [0.3, 0.4) is 0 Å². The number of hydrogen-bond donors (Lipinski definition) is 0. The predicted octanol–water partition coefficient (Wildman–Crippen LogP) is 4.02. The van der Waals surface area contributed by atoms with E-state index in [1.165, 1.54) is 30.5 Å². The molecule has 1 saturated heterocycles. The zero-order chi connectivity index (χ0) is 16.7. The Balaban J connectivity index is 1.47. The summed E-state index contributed by atoms with van der Waals surface area (Å²) in [5, 5.41) is 0.255. The van der Waals surface area contributed by atoms with E-state index in [1.807, 2.05) is 0 Å². The molecule has 5 rings (SSSR count). The highest BCUT2D eigenvalue weighted by molar-refractivity contribution is 6.51. The minimum Gasteiger partial charge on any atom is -0.403 e. The van der Waals surface area contributed by atoms with Crippen LogP contribution in [-0.2, 0) is 14.7 Å². The first-order valence-corrected chi connectivity index (χ1v) is 8.73. The smallest absolute Gasteiger partial charge is 0.403 e. The molecular weight excluding hydrogens is 285 g/mol. The standard InChI is InChI=1S/C19H28BNO2/c1-16(2)17(3,4)23-20(22-16)19-11-18(12-19,13-19)14-7-9-15(10-8-14)21(5)6/h7-10H,11-13H2,1-6H3. The van der Waals surface area contributed by atoms with Crippen LogP contribution in [0, 0.1) is 0 Å². The summed E-state index contributed by atoms with van der Waals surface area (Å²) in [5.74, 6) is 0. The molecule has 2 bridgehead atoms. The van der Waals surface area contributed by atoms with Crippen LogP contribution >= 0.6 is 0 Å². The van der Waals surface area contributed by atoms with Gasteiger partial charge in [-0.25, -0.2) is 0 Å². The lowest BCUT2D eigenvalue weighted by molar-refractivity contribution is -0.0383. The minimum absolute atomic E-state index is 0.0320. The van der Waals surface area contributed by atoms with Gasteiger partial charge in [0, 0.05) is 25.1 Å². The van der Waals surface area contributed by atoms with Crippen molar-refractivity contribution in [2.75, 3.05) is 19.0 Å². The Bertz CT molecular complexity index is 600. The molecule has 23 heavy (non-hydrogen) atoms. The zero-order valence-corrected chi connectivity index (χ0v) is 15.3. The number of anilines is 1. The molecule has 0 spiro atoms. The predicted molar refractivity (Wildman–Crippen MR) is 95.1 cm³/mol. The molecule has 4 fully saturated rings. The van der Waals surface area contributed by atoms with Crippen molar-refractivity contribution < 1.29 is 9.31 Å². The molecule has 0 unspecified atom stereocenters. The molecule has 1 aliphatic heterocycles. The van der Waals surface area contributed by atoms with E-state index >= 15 is 0 Å². The van der Waals surface area contributed by atoms with E-state index in [1.54, 1.807) is 0 Å². The molecule has 0 amide bonds. The fourth-order valence-electron chi connectivity index (χ4n) is 4.63. The summed E-state index contributed by atoms with van der Waals surface area (Å²) >= 11 is 0. The summed E-state index contributed by atoms with van der Waals surface area (Å²) in [6, 6.07) is 9.08. The first-order valence-electron chi connectivity index (χ1n) is 8.73. The van der Waals surface area contributed by atoms with E-state index in [-0.39, 0.29) is 23.6 Å². The number of rotatable bonds is 3. The van der Waals surface area contributed by atoms with Gasteiger partial charge in [-0.1, -0.05) is 12.1 Å². The quantitative estimate of drug-likeness (QED) is 0.787. The summed E-state index contributed by atoms with van der Waals surface area (Å²) < 4.78 is 12.6. The second kappa shape index (κ2) is 4.34. The van der Waals surface area contributed by atoms with Crippen LogP contribution in [0.5, 0.6) is 0 Å². The maximum atomic E-state index is 6.31. The fraction of sp³-hybridized carbons (Fsp3) is 0.684. The van der Waals surface area contributed by atoms with Gasteiger partial charge >= 0.3 is 7.12 Å². The largest absolute Gasteiger partial charge is 0.464 e. The second-order valence-electron chi connectivity index (χ2n) is 9.20. The van der Waals surface area contributed by atoms with Crippen molar-refractivity contribution in [1.82, 2.24) is 0 Å². The molecule has 4 heteroatoms. The maximum Gasteiger partial charge on any atom is 0.464 e. The maximum absolute atomic E-state index is 6.31. The molecule has 1 aromatic carbocycles. The van der Waals surface area contributed by atoms with E-state index in [9.17, 15) is 0 Å². The van der Waals surface area contributed by atoms with E-state index < -0.39 is 0 Å². The van der Waals surface area contributed by atoms with Gasteiger partial charge < -0.3 is 14.2 Å². The second-order valence-corrected chi connectivity index (χ2v) is 9.20. The number of benzene rings is 1. The molecule has 124 valence electrons. The third kappa shape index (κ3) is 1.97. The SMILES string of the molecule is CN(C)c1ccc(C23CC(B4OC(C)(C)C(C)(C)O4)(C2)C3)cc1. The van der Waals surface area contributed by atoms with Crippen LogP contribution in [-0.4, -0.2) is 32.4 Å². The Kier molecular flexibility index (Phi) is 2.93. The highest BCUT2D eigenvalue weighted by Gasteiger charge is 2.76. The van der Waals surface area contributed by atoms with E-state index in [4.69, 9.17) is 9.31 Å². The fourth-order valence-corrected chi connectivity index (χ4v) is 4.63. The van der Waals surface area contributed by atoms with Crippen LogP contribution < -0.4 is 4.90 Å². The molecular formula is C19H28BNO2. The summed E-state index contributed by atoms with van der Waals surface area (Å²) in [7, 11) is 4.14. The first kappa shape index (κ1) is 15.5. The van der Waals surface area contributed by atoms with Crippen molar-refractivity contribution in [2.45, 2.75) is 68.9 Å². The van der Waals surface area contributed by atoms with Gasteiger partial charge in [0.1, 0.15) is 0 Å². The van der Waals surface area contributed by atoms with E-state index in [0.717, 1.165) is 0 Å². The average Bonchev–Trinajstić information content (AvgIpc) is 2.55. The molecule has 0 N–H and O–H groups in total. The zero-order valence-electron chi connectivity index (χ0n) is 15.3. The molecule has 4 aliphatic rings. The lowest BCUT2D eigenvalue weighted by Crippen LogP contribution is -2.66. The van der Waals surface area contributed by atoms with Gasteiger partial charge in [0.25, 0.3) is 0 Å². The molecule has 1 heterocycles. The van der Waals surface area contributed by atoms with Gasteiger partial charge in [0.15, 0.2) is 0 Å². The Hall–Kier alpha value is -0.995. The van der Waals surface area contributed by atoms with Crippen molar-refractivity contribution in [3.63, 3.8) is 0 Å². The van der Waals surface area contributed by atoms with Crippen molar-refractivity contribution in [1.29, 1.82) is 0 Å². The molecule has 0 atom stereocenters. The topological polar surface area (TPSA) is 21.7 Å². The Labute approximate surface area is 140 Å². The van der Waals surface area contributed by atoms with Crippen molar-refractivity contribution in [2.24, 2.45) is 0 Å². The summed E-state index contributed by atoms with van der Waals surface area (Å²) in [5.41, 5.74) is 2.71. The van der Waals surface area contributed by atoms with Crippen LogP contribution in [0.25, 0.3) is 0 Å². The molecule has 3 aliphatic carbocycles. The third-order valence-electron chi connectivity index (χ3n) is 6.82. The summed E-state index contributed by atoms with van der Waals surface area (Å²) in [4.78, 5) is 2.15. The highest BCUT2D eigenvalue weighted by Crippen LogP contribution is 2.80. The van der Waals surface area contributed by atoms with Crippen LogP contribution in [0.15, 0.2) is 24.3 Å². The minimum atomic E-state index is -0.215. The van der Waals surface area contributed by atoms with Crippen LogP contribution in [0.4, 0.5) is 5.69 Å². The van der Waals surface area contributed by atoms with Crippen LogP contribution in [0.1, 0.15) is 52.5 Å². The molecule has 1 aromatic rings. The van der Waals surface area contributed by atoms with Gasteiger partial charge in [-0.15, -0.1) is 0 Å². The molecule has 0 radical (unpaired) electrons.